The highest BCUT2D eigenvalue weighted by Crippen LogP contribution is 2.13. The summed E-state index contributed by atoms with van der Waals surface area (Å²) in [5.74, 6) is -2.53. The number of rotatable bonds is 6. The molecule has 0 aromatic heterocycles. The molecule has 1 aromatic rings. The van der Waals surface area contributed by atoms with Crippen molar-refractivity contribution in [1.82, 2.24) is 0 Å². The molecule has 0 amide bonds. The van der Waals surface area contributed by atoms with Gasteiger partial charge in [0.15, 0.2) is 15.6 Å². The van der Waals surface area contributed by atoms with E-state index in [1.54, 1.807) is 6.92 Å². The maximum absolute atomic E-state index is 11.8. The van der Waals surface area contributed by atoms with Gasteiger partial charge < -0.3 is 9.84 Å². The molecular weight excluding hydrogens is 272 g/mol. The fourth-order valence-electron chi connectivity index (χ4n) is 1.43. The first-order chi connectivity index (χ1) is 8.85. The Balaban J connectivity index is 2.84. The van der Waals surface area contributed by atoms with Crippen molar-refractivity contribution in [3.8, 4) is 0 Å². The van der Waals surface area contributed by atoms with Gasteiger partial charge in [0.2, 0.25) is 0 Å². The maximum atomic E-state index is 11.8. The topological polar surface area (TPSA) is 97.7 Å². The number of benzene rings is 1. The van der Waals surface area contributed by atoms with Crippen molar-refractivity contribution in [3.05, 3.63) is 29.8 Å². The average molecular weight is 286 g/mol. The number of carbonyl (C=O) groups is 2. The Bertz CT molecular complexity index is 558. The second-order valence-electron chi connectivity index (χ2n) is 3.78. The number of esters is 1. The van der Waals surface area contributed by atoms with Gasteiger partial charge in [0.05, 0.1) is 17.9 Å². The fourth-order valence-corrected chi connectivity index (χ4v) is 2.54. The van der Waals surface area contributed by atoms with Crippen molar-refractivity contribution in [1.29, 1.82) is 0 Å². The van der Waals surface area contributed by atoms with Crippen LogP contribution in [0.25, 0.3) is 0 Å². The third-order valence-electron chi connectivity index (χ3n) is 2.25. The normalized spacial score (nSPS) is 11.0. The van der Waals surface area contributed by atoms with E-state index < -0.39 is 27.5 Å². The molecule has 6 nitrogen and oxygen atoms in total. The van der Waals surface area contributed by atoms with Gasteiger partial charge in [-0.3, -0.25) is 9.59 Å². The third-order valence-corrected chi connectivity index (χ3v) is 3.86. The van der Waals surface area contributed by atoms with E-state index in [0.29, 0.717) is 5.56 Å². The quantitative estimate of drug-likeness (QED) is 0.771. The van der Waals surface area contributed by atoms with Crippen LogP contribution in [0.4, 0.5) is 0 Å². The molecule has 0 fully saturated rings. The molecule has 0 spiro atoms. The second-order valence-corrected chi connectivity index (χ2v) is 5.77. The van der Waals surface area contributed by atoms with Crippen LogP contribution in [0.15, 0.2) is 29.2 Å². The first-order valence-corrected chi connectivity index (χ1v) is 7.19. The minimum absolute atomic E-state index is 0.0327. The third kappa shape index (κ3) is 4.70. The van der Waals surface area contributed by atoms with Gasteiger partial charge in [0, 0.05) is 0 Å². The highest BCUT2D eigenvalue weighted by atomic mass is 32.2. The van der Waals surface area contributed by atoms with Crippen LogP contribution in [0.1, 0.15) is 12.5 Å². The van der Waals surface area contributed by atoms with Gasteiger partial charge in [0.1, 0.15) is 0 Å². The van der Waals surface area contributed by atoms with Crippen molar-refractivity contribution >= 4 is 21.8 Å². The first-order valence-electron chi connectivity index (χ1n) is 5.54. The smallest absolute Gasteiger partial charge is 0.321 e. The molecule has 0 bridgehead atoms. The van der Waals surface area contributed by atoms with E-state index in [4.69, 9.17) is 5.11 Å². The van der Waals surface area contributed by atoms with Crippen molar-refractivity contribution in [2.45, 2.75) is 18.2 Å². The minimum Gasteiger partial charge on any atom is -0.481 e. The van der Waals surface area contributed by atoms with Crippen LogP contribution in [0.5, 0.6) is 0 Å². The van der Waals surface area contributed by atoms with Gasteiger partial charge in [-0.05, 0) is 24.6 Å². The zero-order valence-electron chi connectivity index (χ0n) is 10.3. The molecule has 104 valence electrons. The van der Waals surface area contributed by atoms with E-state index in [9.17, 15) is 18.0 Å². The maximum Gasteiger partial charge on any atom is 0.321 e. The predicted octanol–water partition coefficient (Wildman–Crippen LogP) is 0.650. The summed E-state index contributed by atoms with van der Waals surface area (Å²) in [4.78, 5) is 21.6. The van der Waals surface area contributed by atoms with Gasteiger partial charge in [-0.25, -0.2) is 8.42 Å². The van der Waals surface area contributed by atoms with E-state index in [-0.39, 0.29) is 17.9 Å². The van der Waals surface area contributed by atoms with Gasteiger partial charge in [-0.1, -0.05) is 12.1 Å². The van der Waals surface area contributed by atoms with Gasteiger partial charge in [-0.2, -0.15) is 0 Å². The van der Waals surface area contributed by atoms with Crippen LogP contribution >= 0.6 is 0 Å². The number of hydrogen-bond acceptors (Lipinski definition) is 5. The van der Waals surface area contributed by atoms with E-state index in [0.717, 1.165) is 0 Å². The van der Waals surface area contributed by atoms with Gasteiger partial charge in [0.25, 0.3) is 0 Å². The molecule has 19 heavy (non-hydrogen) atoms. The number of aliphatic carboxylic acids is 1. The zero-order chi connectivity index (χ0) is 14.5. The Labute approximate surface area is 110 Å². The highest BCUT2D eigenvalue weighted by molar-refractivity contribution is 7.92. The molecule has 0 heterocycles. The summed E-state index contributed by atoms with van der Waals surface area (Å²) in [5, 5.41) is 8.59. The lowest BCUT2D eigenvalue weighted by Crippen LogP contribution is -2.18. The molecule has 0 aliphatic carbocycles. The number of hydrogen-bond donors (Lipinski definition) is 1. The monoisotopic (exact) mass is 286 g/mol. The van der Waals surface area contributed by atoms with Crippen molar-refractivity contribution in [3.63, 3.8) is 0 Å². The fraction of sp³-hybridized carbons (Fsp3) is 0.333. The number of carboxylic acid groups (broad SMARTS) is 1. The lowest BCUT2D eigenvalue weighted by Gasteiger charge is -2.05. The summed E-state index contributed by atoms with van der Waals surface area (Å²) < 4.78 is 28.2. The summed E-state index contributed by atoms with van der Waals surface area (Å²) >= 11 is 0. The van der Waals surface area contributed by atoms with E-state index in [1.807, 2.05) is 0 Å². The molecule has 7 heteroatoms. The molecule has 1 rings (SSSR count). The summed E-state index contributed by atoms with van der Waals surface area (Å²) in [7, 11) is -3.75. The Morgan fingerprint density at radius 1 is 1.21 bits per heavy atom. The van der Waals surface area contributed by atoms with Crippen LogP contribution in [-0.2, 0) is 30.6 Å². The SMILES string of the molecule is CCOC(=O)CS(=O)(=O)c1ccc(CC(=O)O)cc1. The molecule has 0 saturated heterocycles. The largest absolute Gasteiger partial charge is 0.481 e. The zero-order valence-corrected chi connectivity index (χ0v) is 11.1. The highest BCUT2D eigenvalue weighted by Gasteiger charge is 2.20. The van der Waals surface area contributed by atoms with Crippen molar-refractivity contribution < 1.29 is 27.9 Å². The summed E-state index contributed by atoms with van der Waals surface area (Å²) in [6.07, 6.45) is -0.182. The molecule has 0 unspecified atom stereocenters. The predicted molar refractivity (Wildman–Crippen MR) is 66.5 cm³/mol. The minimum atomic E-state index is -3.75. The number of carboxylic acids is 1. The second kappa shape index (κ2) is 6.33. The first kappa shape index (κ1) is 15.2. The average Bonchev–Trinajstić information content (AvgIpc) is 2.28. The van der Waals surface area contributed by atoms with E-state index in [2.05, 4.69) is 4.74 Å². The van der Waals surface area contributed by atoms with Crippen LogP contribution in [0, 0.1) is 0 Å². The van der Waals surface area contributed by atoms with E-state index in [1.165, 1.54) is 24.3 Å². The summed E-state index contributed by atoms with van der Waals surface area (Å²) in [6, 6.07) is 5.39. The Hall–Kier alpha value is -1.89. The Morgan fingerprint density at radius 3 is 2.26 bits per heavy atom. The van der Waals surface area contributed by atoms with Gasteiger partial charge in [-0.15, -0.1) is 0 Å². The molecule has 0 saturated carbocycles. The number of ether oxygens (including phenoxy) is 1. The van der Waals surface area contributed by atoms with Crippen LogP contribution < -0.4 is 0 Å². The lowest BCUT2D eigenvalue weighted by atomic mass is 10.2. The Morgan fingerprint density at radius 2 is 1.79 bits per heavy atom. The summed E-state index contributed by atoms with van der Waals surface area (Å²) in [6.45, 7) is 1.71. The molecule has 0 atom stereocenters. The van der Waals surface area contributed by atoms with Crippen LogP contribution in [-0.4, -0.2) is 37.8 Å². The molecule has 0 radical (unpaired) electrons. The lowest BCUT2D eigenvalue weighted by molar-refractivity contribution is -0.140. The molecule has 1 N–H and O–H groups in total. The standard InChI is InChI=1S/C12H14O6S/c1-2-18-12(15)8-19(16,17)10-5-3-9(4-6-10)7-11(13)14/h3-6H,2,7-8H2,1H3,(H,13,14). The van der Waals surface area contributed by atoms with Crippen molar-refractivity contribution in [2.75, 3.05) is 12.4 Å². The summed E-state index contributed by atoms with van der Waals surface area (Å²) in [5.41, 5.74) is 0.489. The van der Waals surface area contributed by atoms with E-state index >= 15 is 0 Å². The van der Waals surface area contributed by atoms with Crippen molar-refractivity contribution in [2.24, 2.45) is 0 Å². The van der Waals surface area contributed by atoms with Gasteiger partial charge >= 0.3 is 11.9 Å². The number of carbonyl (C=O) groups excluding carboxylic acids is 1. The van der Waals surface area contributed by atoms with Crippen LogP contribution in [0.2, 0.25) is 0 Å². The number of sulfone groups is 1. The molecule has 1 aromatic carbocycles. The Kier molecular flexibility index (Phi) is 5.05. The molecule has 0 aliphatic rings. The van der Waals surface area contributed by atoms with Crippen LogP contribution in [0.3, 0.4) is 0 Å². The molecular formula is C12H14O6S. The molecule has 0 aliphatic heterocycles.